The summed E-state index contributed by atoms with van der Waals surface area (Å²) in [5.41, 5.74) is 7.23. The van der Waals surface area contributed by atoms with Gasteiger partial charge in [0, 0.05) is 67.5 Å². The molecule has 0 spiro atoms. The van der Waals surface area contributed by atoms with E-state index in [-0.39, 0.29) is 16.7 Å². The van der Waals surface area contributed by atoms with E-state index in [1.165, 1.54) is 4.31 Å². The number of hydrogen-bond donors (Lipinski definition) is 1. The molecule has 1 unspecified atom stereocenters. The Balaban J connectivity index is 1.25. The molecule has 0 saturated carbocycles. The lowest BCUT2D eigenvalue weighted by molar-refractivity contribution is 0.0730. The number of aromatic nitrogens is 2. The van der Waals surface area contributed by atoms with Crippen LogP contribution < -0.4 is 5.32 Å². The molecular formula is C29H35BrN6O5S2. The van der Waals surface area contributed by atoms with Crippen molar-refractivity contribution in [2.45, 2.75) is 44.6 Å². The SMILES string of the molecule is CCS(=O)(=O)N1CCC(Nc2c(Br)cnc3c2N=C(c2cc(C)n(-c4ccc(S(=O)(=O)N5CCOCC5)cc4)c2C)C3)C1. The molecule has 2 aromatic heterocycles. The summed E-state index contributed by atoms with van der Waals surface area (Å²) < 4.78 is 62.1. The van der Waals surface area contributed by atoms with Crippen LogP contribution in [0.15, 0.2) is 50.9 Å². The zero-order valence-electron chi connectivity index (χ0n) is 24.4. The van der Waals surface area contributed by atoms with Crippen LogP contribution in [-0.2, 0) is 31.2 Å². The summed E-state index contributed by atoms with van der Waals surface area (Å²) in [7, 11) is -6.80. The molecule has 2 saturated heterocycles. The summed E-state index contributed by atoms with van der Waals surface area (Å²) in [6.45, 7) is 8.17. The molecule has 230 valence electrons. The number of fused-ring (bicyclic) bond motifs is 1. The molecule has 1 atom stereocenters. The Bertz CT molecular complexity index is 1800. The highest BCUT2D eigenvalue weighted by Gasteiger charge is 2.32. The summed E-state index contributed by atoms with van der Waals surface area (Å²) >= 11 is 3.63. The lowest BCUT2D eigenvalue weighted by atomic mass is 10.1. The van der Waals surface area contributed by atoms with Gasteiger partial charge in [-0.15, -0.1) is 0 Å². The van der Waals surface area contributed by atoms with Crippen LogP contribution in [0.1, 0.15) is 36.0 Å². The van der Waals surface area contributed by atoms with E-state index in [0.717, 1.165) is 49.9 Å². The maximum Gasteiger partial charge on any atom is 0.243 e. The summed E-state index contributed by atoms with van der Waals surface area (Å²) in [5, 5.41) is 3.54. The van der Waals surface area contributed by atoms with E-state index in [4.69, 9.17) is 9.73 Å². The van der Waals surface area contributed by atoms with Gasteiger partial charge in [0.2, 0.25) is 20.0 Å². The van der Waals surface area contributed by atoms with E-state index in [2.05, 4.69) is 36.9 Å². The number of rotatable bonds is 8. The first kappa shape index (κ1) is 30.4. The van der Waals surface area contributed by atoms with Crippen molar-refractivity contribution in [3.63, 3.8) is 0 Å². The minimum absolute atomic E-state index is 0.0246. The smallest absolute Gasteiger partial charge is 0.243 e. The first-order chi connectivity index (χ1) is 20.5. The third-order valence-electron chi connectivity index (χ3n) is 8.37. The van der Waals surface area contributed by atoms with E-state index in [0.29, 0.717) is 52.2 Å². The molecule has 14 heteroatoms. The molecule has 3 aliphatic rings. The average Bonchev–Trinajstić information content (AvgIpc) is 3.73. The summed E-state index contributed by atoms with van der Waals surface area (Å²) in [6, 6.07) is 9.08. The van der Waals surface area contributed by atoms with E-state index in [1.807, 2.05) is 26.0 Å². The predicted octanol–water partition coefficient (Wildman–Crippen LogP) is 3.79. The van der Waals surface area contributed by atoms with Crippen molar-refractivity contribution in [1.29, 1.82) is 0 Å². The number of morpholine rings is 1. The molecular weight excluding hydrogens is 656 g/mol. The fraction of sp³-hybridized carbons (Fsp3) is 0.448. The van der Waals surface area contributed by atoms with Gasteiger partial charge in [-0.2, -0.15) is 8.61 Å². The molecule has 0 amide bonds. The maximum atomic E-state index is 13.1. The first-order valence-corrected chi connectivity index (χ1v) is 18.2. The Morgan fingerprint density at radius 3 is 2.47 bits per heavy atom. The minimum Gasteiger partial charge on any atom is -0.379 e. The molecule has 3 aromatic rings. The van der Waals surface area contributed by atoms with Crippen LogP contribution >= 0.6 is 15.9 Å². The van der Waals surface area contributed by atoms with Crippen LogP contribution in [-0.4, -0.2) is 91.9 Å². The maximum absolute atomic E-state index is 13.1. The Morgan fingerprint density at radius 1 is 1.05 bits per heavy atom. The number of aliphatic imine (C=N–C) groups is 1. The number of halogens is 1. The third-order valence-corrected chi connectivity index (χ3v) is 12.7. The second kappa shape index (κ2) is 11.7. The van der Waals surface area contributed by atoms with Gasteiger partial charge in [0.15, 0.2) is 0 Å². The second-order valence-electron chi connectivity index (χ2n) is 11.0. The van der Waals surface area contributed by atoms with Crippen molar-refractivity contribution in [2.75, 3.05) is 50.5 Å². The van der Waals surface area contributed by atoms with Gasteiger partial charge in [-0.05, 0) is 73.5 Å². The lowest BCUT2D eigenvalue weighted by Gasteiger charge is -2.26. The molecule has 43 heavy (non-hydrogen) atoms. The van der Waals surface area contributed by atoms with Crippen molar-refractivity contribution >= 4 is 53.1 Å². The second-order valence-corrected chi connectivity index (χ2v) is 16.1. The van der Waals surface area contributed by atoms with Gasteiger partial charge in [0.25, 0.3) is 0 Å². The highest BCUT2D eigenvalue weighted by molar-refractivity contribution is 9.10. The summed E-state index contributed by atoms with van der Waals surface area (Å²) in [5.74, 6) is 0.0951. The highest BCUT2D eigenvalue weighted by atomic mass is 79.9. The molecule has 6 rings (SSSR count). The van der Waals surface area contributed by atoms with Crippen LogP contribution in [0.4, 0.5) is 11.4 Å². The molecule has 1 N–H and O–H groups in total. The van der Waals surface area contributed by atoms with Crippen molar-refractivity contribution in [1.82, 2.24) is 18.2 Å². The molecule has 0 bridgehead atoms. The Morgan fingerprint density at radius 2 is 1.77 bits per heavy atom. The average molecular weight is 692 g/mol. The minimum atomic E-state index is -3.57. The first-order valence-electron chi connectivity index (χ1n) is 14.4. The molecule has 3 aliphatic heterocycles. The van der Waals surface area contributed by atoms with Crippen LogP contribution in [0.25, 0.3) is 5.69 Å². The quantitative estimate of drug-likeness (QED) is 0.381. The lowest BCUT2D eigenvalue weighted by Crippen LogP contribution is -2.40. The van der Waals surface area contributed by atoms with E-state index >= 15 is 0 Å². The number of hydrogen-bond acceptors (Lipinski definition) is 8. The topological polar surface area (TPSA) is 126 Å². The molecule has 2 fully saturated rings. The van der Waals surface area contributed by atoms with Gasteiger partial charge in [-0.1, -0.05) is 0 Å². The van der Waals surface area contributed by atoms with Crippen molar-refractivity contribution in [2.24, 2.45) is 4.99 Å². The number of nitrogens with one attached hydrogen (secondary N) is 1. The van der Waals surface area contributed by atoms with Gasteiger partial charge in [0.1, 0.15) is 5.69 Å². The van der Waals surface area contributed by atoms with Gasteiger partial charge < -0.3 is 14.6 Å². The molecule has 0 radical (unpaired) electrons. The van der Waals surface area contributed by atoms with Crippen molar-refractivity contribution in [3.05, 3.63) is 63.6 Å². The van der Waals surface area contributed by atoms with Crippen LogP contribution in [0, 0.1) is 13.8 Å². The fourth-order valence-electron chi connectivity index (χ4n) is 6.03. The number of pyridine rings is 1. The highest BCUT2D eigenvalue weighted by Crippen LogP contribution is 2.41. The molecule has 5 heterocycles. The Labute approximate surface area is 261 Å². The fourth-order valence-corrected chi connectivity index (χ4v) is 9.00. The van der Waals surface area contributed by atoms with Gasteiger partial charge in [-0.3, -0.25) is 4.98 Å². The van der Waals surface area contributed by atoms with Gasteiger partial charge in [0.05, 0.1) is 45.4 Å². The number of ether oxygens (including phenoxy) is 1. The predicted molar refractivity (Wildman–Crippen MR) is 170 cm³/mol. The van der Waals surface area contributed by atoms with E-state index in [9.17, 15) is 16.8 Å². The third kappa shape index (κ3) is 5.69. The standard InChI is InChI=1S/C29H35BrN6O5S2/c1-4-42(37,38)35-10-9-21(18-35)32-28-25(30)17-31-27-16-26(33-29(27)28)24-15-19(2)36(20(24)3)22-5-7-23(8-6-22)43(39,40)34-11-13-41-14-12-34/h5-8,15,17,21H,4,9-14,16,18H2,1-3H3,(H,31,32). The van der Waals surface area contributed by atoms with Crippen molar-refractivity contribution in [3.8, 4) is 5.69 Å². The number of nitrogens with zero attached hydrogens (tertiary/aromatic N) is 5. The molecule has 11 nitrogen and oxygen atoms in total. The normalized spacial score (nSPS) is 19.9. The largest absolute Gasteiger partial charge is 0.379 e. The van der Waals surface area contributed by atoms with E-state index in [1.54, 1.807) is 29.6 Å². The number of aryl methyl sites for hydroxylation is 1. The summed E-state index contributed by atoms with van der Waals surface area (Å²) in [6.07, 6.45) is 3.05. The van der Waals surface area contributed by atoms with Crippen molar-refractivity contribution < 1.29 is 21.6 Å². The zero-order valence-corrected chi connectivity index (χ0v) is 27.6. The van der Waals surface area contributed by atoms with E-state index < -0.39 is 20.0 Å². The molecule has 1 aromatic carbocycles. The van der Waals surface area contributed by atoms with Crippen LogP contribution in [0.3, 0.4) is 0 Å². The van der Waals surface area contributed by atoms with Gasteiger partial charge >= 0.3 is 0 Å². The number of anilines is 1. The summed E-state index contributed by atoms with van der Waals surface area (Å²) in [4.78, 5) is 9.95. The molecule has 0 aliphatic carbocycles. The van der Waals surface area contributed by atoms with Crippen LogP contribution in [0.5, 0.6) is 0 Å². The number of benzene rings is 1. The van der Waals surface area contributed by atoms with Gasteiger partial charge in [-0.25, -0.2) is 21.8 Å². The van der Waals surface area contributed by atoms with Crippen LogP contribution in [0.2, 0.25) is 0 Å². The Kier molecular flexibility index (Phi) is 8.28. The monoisotopic (exact) mass is 690 g/mol. The number of sulfonamides is 2. The zero-order chi connectivity index (χ0) is 30.5. The Hall–Kier alpha value is -2.62.